The minimum absolute atomic E-state index is 0.103. The average Bonchev–Trinajstić information content (AvgIpc) is 2.98. The molecule has 5 heteroatoms. The van der Waals surface area contributed by atoms with E-state index in [-0.39, 0.29) is 23.3 Å². The molecular weight excluding hydrogens is 299 g/mol. The van der Waals surface area contributed by atoms with Gasteiger partial charge in [-0.2, -0.15) is 11.8 Å². The zero-order valence-electron chi connectivity index (χ0n) is 12.7. The van der Waals surface area contributed by atoms with Crippen LogP contribution < -0.4 is 10.6 Å². The van der Waals surface area contributed by atoms with Crippen LogP contribution in [0.3, 0.4) is 0 Å². The Morgan fingerprint density at radius 1 is 1.32 bits per heavy atom. The molecule has 3 rings (SSSR count). The summed E-state index contributed by atoms with van der Waals surface area (Å²) in [4.78, 5) is 12.5. The molecule has 1 unspecified atom stereocenters. The van der Waals surface area contributed by atoms with Crippen LogP contribution in [0, 0.1) is 5.82 Å². The van der Waals surface area contributed by atoms with Gasteiger partial charge in [-0.15, -0.1) is 0 Å². The fourth-order valence-electron chi connectivity index (χ4n) is 3.53. The van der Waals surface area contributed by atoms with Crippen LogP contribution in [0.1, 0.15) is 37.7 Å². The lowest BCUT2D eigenvalue weighted by Crippen LogP contribution is -2.47. The van der Waals surface area contributed by atoms with Gasteiger partial charge in [0.2, 0.25) is 5.91 Å². The van der Waals surface area contributed by atoms with Crippen molar-refractivity contribution in [1.82, 2.24) is 10.6 Å². The maximum Gasteiger partial charge on any atom is 0.222 e. The first-order chi connectivity index (χ1) is 10.7. The van der Waals surface area contributed by atoms with Crippen LogP contribution >= 0.6 is 11.8 Å². The minimum atomic E-state index is -0.299. The number of benzene rings is 1. The van der Waals surface area contributed by atoms with Gasteiger partial charge >= 0.3 is 0 Å². The molecule has 1 aromatic carbocycles. The molecule has 2 N–H and O–H groups in total. The Kier molecular flexibility index (Phi) is 5.03. The molecule has 3 nitrogen and oxygen atoms in total. The molecule has 1 saturated heterocycles. The van der Waals surface area contributed by atoms with Gasteiger partial charge in [-0.25, -0.2) is 4.39 Å². The van der Waals surface area contributed by atoms with Gasteiger partial charge in [-0.05, 0) is 30.5 Å². The summed E-state index contributed by atoms with van der Waals surface area (Å²) in [6, 6.07) is 6.87. The highest BCUT2D eigenvalue weighted by atomic mass is 32.2. The Morgan fingerprint density at radius 3 is 2.68 bits per heavy atom. The molecule has 1 saturated carbocycles. The summed E-state index contributed by atoms with van der Waals surface area (Å²) in [5, 5.41) is 6.67. The number of amides is 1. The summed E-state index contributed by atoms with van der Waals surface area (Å²) in [5.41, 5.74) is 0.734. The standard InChI is InChI=1S/C17H23FN2OS/c18-14-5-3-13(4-6-14)17(7-1-2-8-17)20-16(21)11-15-12-22-10-9-19-15/h3-6,15,19H,1-2,7-12H2,(H,20,21). The number of hydrogen-bond donors (Lipinski definition) is 2. The second-order valence-corrected chi connectivity index (χ2v) is 7.42. The van der Waals surface area contributed by atoms with Crippen LogP contribution in [0.4, 0.5) is 4.39 Å². The van der Waals surface area contributed by atoms with Crippen LogP contribution in [0.15, 0.2) is 24.3 Å². The van der Waals surface area contributed by atoms with Gasteiger partial charge in [0.25, 0.3) is 0 Å². The van der Waals surface area contributed by atoms with Crippen molar-refractivity contribution in [3.63, 3.8) is 0 Å². The van der Waals surface area contributed by atoms with Gasteiger partial charge in [0.05, 0.1) is 5.54 Å². The maximum absolute atomic E-state index is 13.2. The molecule has 2 fully saturated rings. The molecule has 1 heterocycles. The third kappa shape index (κ3) is 3.63. The lowest BCUT2D eigenvalue weighted by atomic mass is 9.88. The normalized spacial score (nSPS) is 24.1. The van der Waals surface area contributed by atoms with Crippen molar-refractivity contribution in [2.24, 2.45) is 0 Å². The van der Waals surface area contributed by atoms with Crippen LogP contribution in [0.5, 0.6) is 0 Å². The smallest absolute Gasteiger partial charge is 0.222 e. The van der Waals surface area contributed by atoms with Crippen molar-refractivity contribution in [3.05, 3.63) is 35.6 Å². The molecule has 0 bridgehead atoms. The second-order valence-electron chi connectivity index (χ2n) is 6.27. The van der Waals surface area contributed by atoms with Crippen molar-refractivity contribution in [2.75, 3.05) is 18.1 Å². The van der Waals surface area contributed by atoms with Crippen LogP contribution in [-0.2, 0) is 10.3 Å². The molecule has 1 aliphatic heterocycles. The van der Waals surface area contributed by atoms with E-state index < -0.39 is 0 Å². The Hall–Kier alpha value is -1.07. The first-order valence-electron chi connectivity index (χ1n) is 8.06. The highest BCUT2D eigenvalue weighted by molar-refractivity contribution is 7.99. The highest BCUT2D eigenvalue weighted by Gasteiger charge is 2.37. The van der Waals surface area contributed by atoms with Crippen molar-refractivity contribution in [1.29, 1.82) is 0 Å². The third-order valence-corrected chi connectivity index (χ3v) is 5.79. The number of rotatable bonds is 4. The first kappa shape index (κ1) is 15.8. The lowest BCUT2D eigenvalue weighted by Gasteiger charge is -2.32. The summed E-state index contributed by atoms with van der Waals surface area (Å²) in [7, 11) is 0. The van der Waals surface area contributed by atoms with E-state index in [0.29, 0.717) is 6.42 Å². The Labute approximate surface area is 135 Å². The fourth-order valence-corrected chi connectivity index (χ4v) is 4.47. The molecule has 22 heavy (non-hydrogen) atoms. The van der Waals surface area contributed by atoms with Gasteiger partial charge in [0, 0.05) is 30.5 Å². The van der Waals surface area contributed by atoms with E-state index in [2.05, 4.69) is 10.6 Å². The molecule has 0 radical (unpaired) electrons. The molecule has 2 aliphatic rings. The predicted octanol–water partition coefficient (Wildman–Crippen LogP) is 2.81. The van der Waals surface area contributed by atoms with Crippen molar-refractivity contribution < 1.29 is 9.18 Å². The summed E-state index contributed by atoms with van der Waals surface area (Å²) < 4.78 is 13.2. The number of halogens is 1. The molecule has 1 aromatic rings. The molecule has 1 atom stereocenters. The quantitative estimate of drug-likeness (QED) is 0.895. The number of carbonyl (C=O) groups is 1. The summed E-state index contributed by atoms with van der Waals surface area (Å²) >= 11 is 1.90. The largest absolute Gasteiger partial charge is 0.347 e. The van der Waals surface area contributed by atoms with Crippen molar-refractivity contribution in [2.45, 2.75) is 43.7 Å². The zero-order valence-corrected chi connectivity index (χ0v) is 13.6. The zero-order chi connectivity index (χ0) is 15.4. The second kappa shape index (κ2) is 7.01. The van der Waals surface area contributed by atoms with Gasteiger partial charge < -0.3 is 10.6 Å². The van der Waals surface area contributed by atoms with E-state index in [0.717, 1.165) is 49.3 Å². The Morgan fingerprint density at radius 2 is 2.05 bits per heavy atom. The predicted molar refractivity (Wildman–Crippen MR) is 88.4 cm³/mol. The van der Waals surface area contributed by atoms with Crippen molar-refractivity contribution >= 4 is 17.7 Å². The number of hydrogen-bond acceptors (Lipinski definition) is 3. The van der Waals surface area contributed by atoms with Crippen LogP contribution in [-0.4, -0.2) is 30.0 Å². The molecule has 1 aliphatic carbocycles. The Bertz CT molecular complexity index is 508. The average molecular weight is 322 g/mol. The van der Waals surface area contributed by atoms with E-state index in [9.17, 15) is 9.18 Å². The number of carbonyl (C=O) groups excluding carboxylic acids is 1. The van der Waals surface area contributed by atoms with Gasteiger partial charge in [0.1, 0.15) is 5.82 Å². The van der Waals surface area contributed by atoms with E-state index in [1.165, 1.54) is 12.1 Å². The topological polar surface area (TPSA) is 41.1 Å². The van der Waals surface area contributed by atoms with E-state index >= 15 is 0 Å². The molecule has 0 aromatic heterocycles. The van der Waals surface area contributed by atoms with Gasteiger partial charge in [0.15, 0.2) is 0 Å². The summed E-state index contributed by atoms with van der Waals surface area (Å²) in [5.74, 6) is 1.99. The van der Waals surface area contributed by atoms with E-state index in [1.54, 1.807) is 0 Å². The Balaban J connectivity index is 1.68. The molecular formula is C17H23FN2OS. The van der Waals surface area contributed by atoms with Crippen LogP contribution in [0.2, 0.25) is 0 Å². The fraction of sp³-hybridized carbons (Fsp3) is 0.588. The highest BCUT2D eigenvalue weighted by Crippen LogP contribution is 2.38. The molecule has 0 spiro atoms. The minimum Gasteiger partial charge on any atom is -0.347 e. The van der Waals surface area contributed by atoms with Gasteiger partial charge in [-0.1, -0.05) is 25.0 Å². The monoisotopic (exact) mass is 322 g/mol. The van der Waals surface area contributed by atoms with Gasteiger partial charge in [-0.3, -0.25) is 4.79 Å². The lowest BCUT2D eigenvalue weighted by molar-refractivity contribution is -0.123. The van der Waals surface area contributed by atoms with Crippen LogP contribution in [0.25, 0.3) is 0 Å². The third-order valence-electron chi connectivity index (χ3n) is 4.66. The molecule has 120 valence electrons. The molecule has 1 amide bonds. The SMILES string of the molecule is O=C(CC1CSCCN1)NC1(c2ccc(F)cc2)CCCC1. The summed E-state index contributed by atoms with van der Waals surface area (Å²) in [6.07, 6.45) is 4.62. The first-order valence-corrected chi connectivity index (χ1v) is 9.22. The van der Waals surface area contributed by atoms with E-state index in [1.807, 2.05) is 23.9 Å². The van der Waals surface area contributed by atoms with Crippen molar-refractivity contribution in [3.8, 4) is 0 Å². The summed E-state index contributed by atoms with van der Waals surface area (Å²) in [6.45, 7) is 0.978. The number of nitrogens with one attached hydrogen (secondary N) is 2. The van der Waals surface area contributed by atoms with E-state index in [4.69, 9.17) is 0 Å². The maximum atomic E-state index is 13.2. The number of thioether (sulfide) groups is 1.